The number of benzene rings is 1. The van der Waals surface area contributed by atoms with Gasteiger partial charge in [-0.1, -0.05) is 0 Å². The second-order valence-electron chi connectivity index (χ2n) is 5.44. The zero-order valence-electron chi connectivity index (χ0n) is 12.3. The third-order valence-electron chi connectivity index (χ3n) is 3.71. The van der Waals surface area contributed by atoms with Gasteiger partial charge in [0, 0.05) is 19.1 Å². The minimum absolute atomic E-state index is 0.0814. The van der Waals surface area contributed by atoms with Crippen molar-refractivity contribution in [2.75, 3.05) is 32.4 Å². The van der Waals surface area contributed by atoms with Crippen molar-refractivity contribution in [2.45, 2.75) is 24.3 Å². The van der Waals surface area contributed by atoms with Gasteiger partial charge in [0.1, 0.15) is 4.90 Å². The first-order valence-corrected chi connectivity index (χ1v) is 8.30. The number of hydrogen-bond acceptors (Lipinski definition) is 5. The summed E-state index contributed by atoms with van der Waals surface area (Å²) >= 11 is 0. The topological polar surface area (TPSA) is 90.4 Å². The molecule has 0 aromatic heterocycles. The molecule has 0 aliphatic carbocycles. The van der Waals surface area contributed by atoms with Gasteiger partial charge in [0.05, 0.1) is 17.3 Å². The van der Waals surface area contributed by atoms with Crippen LogP contribution in [0.3, 0.4) is 0 Å². The van der Waals surface area contributed by atoms with Crippen LogP contribution in [0.4, 0.5) is 5.69 Å². The molecule has 1 saturated heterocycles. The maximum atomic E-state index is 12.8. The lowest BCUT2D eigenvalue weighted by Gasteiger charge is -2.27. The lowest BCUT2D eigenvalue weighted by atomic mass is 10.2. The lowest BCUT2D eigenvalue weighted by Crippen LogP contribution is -2.42. The number of rotatable bonds is 2. The third kappa shape index (κ3) is 3.18. The van der Waals surface area contributed by atoms with E-state index in [4.69, 9.17) is 11.0 Å². The Bertz CT molecular complexity index is 666. The van der Waals surface area contributed by atoms with Gasteiger partial charge in [0.2, 0.25) is 10.0 Å². The van der Waals surface area contributed by atoms with Gasteiger partial charge >= 0.3 is 0 Å². The summed E-state index contributed by atoms with van der Waals surface area (Å²) in [7, 11) is -1.65. The summed E-state index contributed by atoms with van der Waals surface area (Å²) in [4.78, 5) is 2.21. The maximum Gasteiger partial charge on any atom is 0.245 e. The number of hydrogen-bond donors (Lipinski definition) is 1. The molecule has 1 heterocycles. The summed E-state index contributed by atoms with van der Waals surface area (Å²) in [5, 5.41) is 8.84. The van der Waals surface area contributed by atoms with Crippen LogP contribution in [0, 0.1) is 11.3 Å². The second kappa shape index (κ2) is 6.02. The molecular formula is C14H20N4O2S. The van der Waals surface area contributed by atoms with E-state index >= 15 is 0 Å². The molecule has 1 atom stereocenters. The molecule has 1 fully saturated rings. The Labute approximate surface area is 125 Å². The van der Waals surface area contributed by atoms with Gasteiger partial charge < -0.3 is 10.6 Å². The fraction of sp³-hybridized carbons (Fsp3) is 0.500. The highest BCUT2D eigenvalue weighted by atomic mass is 32.2. The first kappa shape index (κ1) is 15.8. The minimum atomic E-state index is -3.64. The first-order valence-electron chi connectivity index (χ1n) is 6.86. The van der Waals surface area contributed by atoms with E-state index in [9.17, 15) is 8.42 Å². The quantitative estimate of drug-likeness (QED) is 0.818. The van der Waals surface area contributed by atoms with Crippen molar-refractivity contribution in [3.05, 3.63) is 23.8 Å². The zero-order valence-corrected chi connectivity index (χ0v) is 13.1. The second-order valence-corrected chi connectivity index (χ2v) is 7.30. The molecule has 0 bridgehead atoms. The molecule has 1 aliphatic rings. The Balaban J connectivity index is 2.39. The summed E-state index contributed by atoms with van der Waals surface area (Å²) in [5.41, 5.74) is 6.31. The van der Waals surface area contributed by atoms with Crippen LogP contribution < -0.4 is 5.73 Å². The number of nitriles is 1. The molecule has 2 N–H and O–H groups in total. The van der Waals surface area contributed by atoms with Gasteiger partial charge in [-0.3, -0.25) is 0 Å². The molecule has 114 valence electrons. The summed E-state index contributed by atoms with van der Waals surface area (Å²) in [6.45, 7) is 3.95. The van der Waals surface area contributed by atoms with E-state index in [0.29, 0.717) is 18.7 Å². The van der Waals surface area contributed by atoms with Crippen LogP contribution in [0.5, 0.6) is 0 Å². The standard InChI is InChI=1S/C14H20N4O2S/c1-11-10-17(2)6-3-7-18(11)21(19,20)14-5-4-12(9-15)8-13(14)16/h4-5,8,11H,3,6-7,10,16H2,1-2H3. The summed E-state index contributed by atoms with van der Waals surface area (Å²) in [6, 6.07) is 6.15. The molecule has 0 radical (unpaired) electrons. The molecule has 1 aromatic carbocycles. The normalized spacial score (nSPS) is 21.7. The fourth-order valence-electron chi connectivity index (χ4n) is 2.69. The van der Waals surface area contributed by atoms with Gasteiger partial charge in [-0.05, 0) is 45.1 Å². The van der Waals surface area contributed by atoms with Gasteiger partial charge in [0.15, 0.2) is 0 Å². The number of nitrogens with zero attached hydrogens (tertiary/aromatic N) is 3. The van der Waals surface area contributed by atoms with Crippen molar-refractivity contribution in [1.82, 2.24) is 9.21 Å². The predicted octanol–water partition coefficient (Wildman–Crippen LogP) is 0.855. The van der Waals surface area contributed by atoms with Crippen LogP contribution in [0.25, 0.3) is 0 Å². The van der Waals surface area contributed by atoms with Crippen molar-refractivity contribution in [1.29, 1.82) is 5.26 Å². The molecule has 7 heteroatoms. The number of nitrogens with two attached hydrogens (primary N) is 1. The maximum absolute atomic E-state index is 12.8. The zero-order chi connectivity index (χ0) is 15.6. The molecule has 1 aromatic rings. The average molecular weight is 308 g/mol. The minimum Gasteiger partial charge on any atom is -0.398 e. The number of nitrogen functional groups attached to an aromatic ring is 1. The number of anilines is 1. The predicted molar refractivity (Wildman–Crippen MR) is 81.0 cm³/mol. The Morgan fingerprint density at radius 3 is 2.71 bits per heavy atom. The van der Waals surface area contributed by atoms with Crippen LogP contribution >= 0.6 is 0 Å². The Morgan fingerprint density at radius 1 is 1.38 bits per heavy atom. The Kier molecular flexibility index (Phi) is 4.52. The Morgan fingerprint density at radius 2 is 2.10 bits per heavy atom. The average Bonchev–Trinajstić information content (AvgIpc) is 2.59. The molecule has 1 aliphatic heterocycles. The SMILES string of the molecule is CC1CN(C)CCCN1S(=O)(=O)c1ccc(C#N)cc1N. The fourth-order valence-corrected chi connectivity index (χ4v) is 4.45. The molecule has 0 saturated carbocycles. The van der Waals surface area contributed by atoms with E-state index in [-0.39, 0.29) is 16.6 Å². The highest BCUT2D eigenvalue weighted by molar-refractivity contribution is 7.89. The van der Waals surface area contributed by atoms with Crippen molar-refractivity contribution >= 4 is 15.7 Å². The van der Waals surface area contributed by atoms with Crippen LogP contribution in [-0.2, 0) is 10.0 Å². The number of sulfonamides is 1. The molecule has 2 rings (SSSR count). The van der Waals surface area contributed by atoms with Gasteiger partial charge in [-0.15, -0.1) is 0 Å². The summed E-state index contributed by atoms with van der Waals surface area (Å²) in [6.07, 6.45) is 0.788. The van der Waals surface area contributed by atoms with E-state index in [0.717, 1.165) is 13.0 Å². The lowest BCUT2D eigenvalue weighted by molar-refractivity contribution is 0.290. The van der Waals surface area contributed by atoms with E-state index < -0.39 is 10.0 Å². The van der Waals surface area contributed by atoms with Crippen LogP contribution in [-0.4, -0.2) is 50.3 Å². The molecule has 6 nitrogen and oxygen atoms in total. The third-order valence-corrected chi connectivity index (χ3v) is 5.80. The van der Waals surface area contributed by atoms with Crippen LogP contribution in [0.2, 0.25) is 0 Å². The highest BCUT2D eigenvalue weighted by Crippen LogP contribution is 2.26. The first-order chi connectivity index (χ1) is 9.86. The van der Waals surface area contributed by atoms with Crippen molar-refractivity contribution in [3.8, 4) is 6.07 Å². The van der Waals surface area contributed by atoms with Crippen LogP contribution in [0.15, 0.2) is 23.1 Å². The van der Waals surface area contributed by atoms with Crippen molar-refractivity contribution < 1.29 is 8.42 Å². The van der Waals surface area contributed by atoms with E-state index in [1.807, 2.05) is 20.0 Å². The van der Waals surface area contributed by atoms with Crippen molar-refractivity contribution in [2.24, 2.45) is 0 Å². The largest absolute Gasteiger partial charge is 0.398 e. The van der Waals surface area contributed by atoms with E-state index in [2.05, 4.69) is 4.90 Å². The monoisotopic (exact) mass is 308 g/mol. The summed E-state index contributed by atoms with van der Waals surface area (Å²) in [5.74, 6) is 0. The van der Waals surface area contributed by atoms with Gasteiger partial charge in [-0.25, -0.2) is 8.42 Å². The molecule has 0 amide bonds. The molecule has 0 spiro atoms. The molecule has 21 heavy (non-hydrogen) atoms. The molecular weight excluding hydrogens is 288 g/mol. The van der Waals surface area contributed by atoms with Gasteiger partial charge in [-0.2, -0.15) is 9.57 Å². The summed E-state index contributed by atoms with van der Waals surface area (Å²) < 4.78 is 27.2. The van der Waals surface area contributed by atoms with Crippen molar-refractivity contribution in [3.63, 3.8) is 0 Å². The number of likely N-dealkylation sites (N-methyl/N-ethyl adjacent to an activating group) is 1. The molecule has 1 unspecified atom stereocenters. The van der Waals surface area contributed by atoms with Gasteiger partial charge in [0.25, 0.3) is 0 Å². The Hall–Kier alpha value is -1.62. The highest BCUT2D eigenvalue weighted by Gasteiger charge is 2.32. The van der Waals surface area contributed by atoms with Crippen LogP contribution in [0.1, 0.15) is 18.9 Å². The smallest absolute Gasteiger partial charge is 0.245 e. The van der Waals surface area contributed by atoms with E-state index in [1.165, 1.54) is 22.5 Å². The van der Waals surface area contributed by atoms with E-state index in [1.54, 1.807) is 0 Å².